The maximum atomic E-state index is 13.4. The number of hydrogen-bond donors (Lipinski definition) is 2. The topological polar surface area (TPSA) is 105 Å². The Kier molecular flexibility index (Phi) is 5.51. The van der Waals surface area contributed by atoms with Crippen LogP contribution in [0.3, 0.4) is 0 Å². The Labute approximate surface area is 180 Å². The molecular weight excluding hydrogens is 412 g/mol. The first-order valence-corrected chi connectivity index (χ1v) is 10.9. The minimum Gasteiger partial charge on any atom is -0.453 e. The second kappa shape index (κ2) is 8.41. The Morgan fingerprint density at radius 3 is 1.71 bits per heavy atom. The van der Waals surface area contributed by atoms with Crippen molar-refractivity contribution in [3.63, 3.8) is 0 Å². The Hall–Kier alpha value is -3.97. The number of hydrogen-bond acceptors (Lipinski definition) is 6. The predicted molar refractivity (Wildman–Crippen MR) is 120 cm³/mol. The van der Waals surface area contributed by atoms with Crippen LogP contribution in [-0.4, -0.2) is 8.42 Å². The van der Waals surface area contributed by atoms with Gasteiger partial charge in [-0.2, -0.15) is 0 Å². The van der Waals surface area contributed by atoms with Crippen LogP contribution in [0.2, 0.25) is 0 Å². The van der Waals surface area contributed by atoms with Crippen molar-refractivity contribution in [2.45, 2.75) is 9.79 Å². The smallest absolute Gasteiger partial charge is 0.210 e. The average Bonchev–Trinajstić information content (AvgIpc) is 2.78. The number of anilines is 2. The van der Waals surface area contributed by atoms with Crippen LogP contribution in [0.15, 0.2) is 107 Å². The molecule has 7 heteroatoms. The molecule has 0 aromatic heterocycles. The average molecular weight is 433 g/mol. The van der Waals surface area contributed by atoms with Gasteiger partial charge in [0.1, 0.15) is 16.4 Å². The van der Waals surface area contributed by atoms with Gasteiger partial charge in [0.2, 0.25) is 9.84 Å². The maximum absolute atomic E-state index is 13.4. The monoisotopic (exact) mass is 432 g/mol. The highest BCUT2D eigenvalue weighted by atomic mass is 32.2. The molecule has 4 aromatic carbocycles. The molecule has 4 aromatic rings. The fourth-order valence-electron chi connectivity index (χ4n) is 2.93. The Balaban J connectivity index is 1.84. The maximum Gasteiger partial charge on any atom is 0.210 e. The SMILES string of the molecule is Nc1ccc(Oc2cccc(S(=O)(=O)c3ccccc3)c2Oc2ccc(N)cc2)cc1. The predicted octanol–water partition coefficient (Wildman–Crippen LogP) is 5.27. The largest absolute Gasteiger partial charge is 0.453 e. The van der Waals surface area contributed by atoms with E-state index in [1.165, 1.54) is 18.2 Å². The summed E-state index contributed by atoms with van der Waals surface area (Å²) >= 11 is 0. The van der Waals surface area contributed by atoms with E-state index < -0.39 is 9.84 Å². The first-order chi connectivity index (χ1) is 14.9. The molecule has 4 rings (SSSR count). The van der Waals surface area contributed by atoms with Crippen LogP contribution < -0.4 is 20.9 Å². The highest BCUT2D eigenvalue weighted by Crippen LogP contribution is 2.42. The van der Waals surface area contributed by atoms with Gasteiger partial charge in [-0.25, -0.2) is 8.42 Å². The third-order valence-corrected chi connectivity index (χ3v) is 6.29. The summed E-state index contributed by atoms with van der Waals surface area (Å²) in [5, 5.41) is 0. The van der Waals surface area contributed by atoms with E-state index in [9.17, 15) is 8.42 Å². The van der Waals surface area contributed by atoms with Crippen molar-refractivity contribution in [2.75, 3.05) is 11.5 Å². The molecule has 0 heterocycles. The standard InChI is InChI=1S/C24H20N2O4S/c25-17-9-13-19(14-10-17)29-22-7-4-8-23(31(27,28)21-5-2-1-3-6-21)24(22)30-20-15-11-18(26)12-16-20/h1-16H,25-26H2. The quantitative estimate of drug-likeness (QED) is 0.402. The zero-order valence-electron chi connectivity index (χ0n) is 16.4. The summed E-state index contributed by atoms with van der Waals surface area (Å²) in [5.74, 6) is 1.24. The zero-order valence-corrected chi connectivity index (χ0v) is 17.3. The summed E-state index contributed by atoms with van der Waals surface area (Å²) in [6, 6.07) is 26.4. The van der Waals surface area contributed by atoms with Crippen molar-refractivity contribution < 1.29 is 17.9 Å². The van der Waals surface area contributed by atoms with E-state index in [0.29, 0.717) is 22.9 Å². The summed E-state index contributed by atoms with van der Waals surface area (Å²) in [4.78, 5) is 0.144. The van der Waals surface area contributed by atoms with Crippen LogP contribution in [0.1, 0.15) is 0 Å². The van der Waals surface area contributed by atoms with E-state index in [2.05, 4.69) is 0 Å². The minimum atomic E-state index is -3.87. The highest BCUT2D eigenvalue weighted by Gasteiger charge is 2.26. The van der Waals surface area contributed by atoms with E-state index in [1.54, 1.807) is 78.9 Å². The molecule has 0 aliphatic rings. The normalized spacial score (nSPS) is 11.1. The summed E-state index contributed by atoms with van der Waals surface area (Å²) in [5.41, 5.74) is 12.6. The molecule has 0 spiro atoms. The Bertz CT molecular complexity index is 1290. The first-order valence-electron chi connectivity index (χ1n) is 9.43. The van der Waals surface area contributed by atoms with E-state index in [1.807, 2.05) is 0 Å². The second-order valence-corrected chi connectivity index (χ2v) is 8.66. The second-order valence-electron chi connectivity index (χ2n) is 6.74. The van der Waals surface area contributed by atoms with Crippen molar-refractivity contribution in [1.29, 1.82) is 0 Å². The van der Waals surface area contributed by atoms with Crippen molar-refractivity contribution in [3.8, 4) is 23.0 Å². The summed E-state index contributed by atoms with van der Waals surface area (Å²) < 4.78 is 38.7. The van der Waals surface area contributed by atoms with Gasteiger partial charge in [-0.15, -0.1) is 0 Å². The number of ether oxygens (including phenoxy) is 2. The molecule has 0 aliphatic carbocycles. The first kappa shape index (κ1) is 20.3. The zero-order chi connectivity index (χ0) is 21.8. The fourth-order valence-corrected chi connectivity index (χ4v) is 4.34. The van der Waals surface area contributed by atoms with Gasteiger partial charge in [-0.05, 0) is 72.8 Å². The van der Waals surface area contributed by atoms with Crippen molar-refractivity contribution in [2.24, 2.45) is 0 Å². The molecule has 6 nitrogen and oxygen atoms in total. The van der Waals surface area contributed by atoms with Gasteiger partial charge in [0.05, 0.1) is 4.90 Å². The number of benzene rings is 4. The van der Waals surface area contributed by atoms with Crippen LogP contribution in [0.5, 0.6) is 23.0 Å². The Morgan fingerprint density at radius 1 is 0.581 bits per heavy atom. The molecule has 0 amide bonds. The van der Waals surface area contributed by atoms with Crippen molar-refractivity contribution in [3.05, 3.63) is 97.1 Å². The third kappa shape index (κ3) is 4.46. The van der Waals surface area contributed by atoms with Gasteiger partial charge < -0.3 is 20.9 Å². The van der Waals surface area contributed by atoms with Crippen molar-refractivity contribution >= 4 is 21.2 Å². The molecule has 0 atom stereocenters. The molecule has 0 saturated heterocycles. The third-order valence-electron chi connectivity index (χ3n) is 4.49. The molecule has 0 unspecified atom stereocenters. The molecule has 4 N–H and O–H groups in total. The lowest BCUT2D eigenvalue weighted by Gasteiger charge is -2.16. The van der Waals surface area contributed by atoms with E-state index in [-0.39, 0.29) is 21.3 Å². The number of rotatable bonds is 6. The molecular formula is C24H20N2O4S. The number of sulfone groups is 1. The van der Waals surface area contributed by atoms with Crippen LogP contribution >= 0.6 is 0 Å². The van der Waals surface area contributed by atoms with Crippen LogP contribution in [0, 0.1) is 0 Å². The lowest BCUT2D eigenvalue weighted by atomic mass is 10.3. The van der Waals surface area contributed by atoms with Gasteiger partial charge >= 0.3 is 0 Å². The van der Waals surface area contributed by atoms with Gasteiger partial charge in [0.25, 0.3) is 0 Å². The summed E-state index contributed by atoms with van der Waals surface area (Å²) in [6.07, 6.45) is 0. The van der Waals surface area contributed by atoms with E-state index in [0.717, 1.165) is 0 Å². The highest BCUT2D eigenvalue weighted by molar-refractivity contribution is 7.91. The lowest BCUT2D eigenvalue weighted by Crippen LogP contribution is -2.05. The molecule has 0 radical (unpaired) electrons. The molecule has 156 valence electrons. The Morgan fingerprint density at radius 2 is 1.13 bits per heavy atom. The summed E-state index contributed by atoms with van der Waals surface area (Å²) in [7, 11) is -3.87. The van der Waals surface area contributed by atoms with Crippen molar-refractivity contribution in [1.82, 2.24) is 0 Å². The number of nitrogens with two attached hydrogens (primary N) is 2. The fraction of sp³-hybridized carbons (Fsp3) is 0. The summed E-state index contributed by atoms with van der Waals surface area (Å²) in [6.45, 7) is 0. The minimum absolute atomic E-state index is 0.0107. The van der Waals surface area contributed by atoms with E-state index in [4.69, 9.17) is 20.9 Å². The molecule has 0 fully saturated rings. The molecule has 31 heavy (non-hydrogen) atoms. The van der Waals surface area contributed by atoms with Gasteiger partial charge in [-0.1, -0.05) is 24.3 Å². The van der Waals surface area contributed by atoms with Gasteiger partial charge in [0, 0.05) is 11.4 Å². The number of nitrogen functional groups attached to an aromatic ring is 2. The van der Waals surface area contributed by atoms with Crippen LogP contribution in [-0.2, 0) is 9.84 Å². The molecule has 0 bridgehead atoms. The van der Waals surface area contributed by atoms with E-state index >= 15 is 0 Å². The molecule has 0 aliphatic heterocycles. The lowest BCUT2D eigenvalue weighted by molar-refractivity contribution is 0.409. The number of para-hydroxylation sites is 1. The van der Waals surface area contributed by atoms with Gasteiger partial charge in [0.15, 0.2) is 11.5 Å². The van der Waals surface area contributed by atoms with Gasteiger partial charge in [-0.3, -0.25) is 0 Å². The van der Waals surface area contributed by atoms with Crippen LogP contribution in [0.4, 0.5) is 11.4 Å². The van der Waals surface area contributed by atoms with Crippen LogP contribution in [0.25, 0.3) is 0 Å². The molecule has 0 saturated carbocycles.